The summed E-state index contributed by atoms with van der Waals surface area (Å²) in [6, 6.07) is 9.08. The van der Waals surface area contributed by atoms with Crippen molar-refractivity contribution in [1.29, 1.82) is 0 Å². The molecule has 0 radical (unpaired) electrons. The van der Waals surface area contributed by atoms with Gasteiger partial charge in [-0.05, 0) is 73.4 Å². The second-order valence-electron chi connectivity index (χ2n) is 11.7. The fourth-order valence-electron chi connectivity index (χ4n) is 4.89. The zero-order valence-corrected chi connectivity index (χ0v) is 21.6. The van der Waals surface area contributed by atoms with Crippen LogP contribution in [0.15, 0.2) is 36.4 Å². The summed E-state index contributed by atoms with van der Waals surface area (Å²) in [5.74, 6) is -1.69. The van der Waals surface area contributed by atoms with Crippen molar-refractivity contribution in [2.45, 2.75) is 84.5 Å². The van der Waals surface area contributed by atoms with Gasteiger partial charge in [0.15, 0.2) is 0 Å². The number of aliphatic hydroxyl groups excluding tert-OH is 1. The zero-order chi connectivity index (χ0) is 26.0. The maximum absolute atomic E-state index is 13.7. The molecule has 0 bridgehead atoms. The highest BCUT2D eigenvalue weighted by atomic mass is 19.1. The Morgan fingerprint density at radius 2 is 1.80 bits per heavy atom. The molecule has 7 heteroatoms. The molecule has 1 aliphatic heterocycles. The van der Waals surface area contributed by atoms with Gasteiger partial charge in [0.25, 0.3) is 0 Å². The van der Waals surface area contributed by atoms with E-state index in [1.54, 1.807) is 0 Å². The van der Waals surface area contributed by atoms with E-state index in [0.717, 1.165) is 30.2 Å². The number of anilines is 1. The summed E-state index contributed by atoms with van der Waals surface area (Å²) in [5.41, 5.74) is 3.88. The van der Waals surface area contributed by atoms with Crippen LogP contribution in [-0.4, -0.2) is 35.2 Å². The Bertz CT molecular complexity index is 1030. The van der Waals surface area contributed by atoms with Gasteiger partial charge in [-0.15, -0.1) is 0 Å². The minimum atomic E-state index is -0.954. The molecule has 3 rings (SSSR count). The van der Waals surface area contributed by atoms with E-state index in [9.17, 15) is 18.7 Å². The Hall–Kier alpha value is -2.51. The van der Waals surface area contributed by atoms with Crippen LogP contribution in [0.1, 0.15) is 70.7 Å². The molecule has 0 aromatic heterocycles. The third kappa shape index (κ3) is 8.00. The highest BCUT2D eigenvalue weighted by molar-refractivity contribution is 5.73. The zero-order valence-electron chi connectivity index (χ0n) is 21.6. The number of fused-ring (bicyclic) bond motifs is 1. The fraction of sp³-hybridized carbons (Fsp3) is 0.536. The van der Waals surface area contributed by atoms with Crippen molar-refractivity contribution in [3.05, 3.63) is 64.7 Å². The van der Waals surface area contributed by atoms with Crippen molar-refractivity contribution in [2.24, 2.45) is 5.41 Å². The van der Waals surface area contributed by atoms with Crippen LogP contribution in [0.2, 0.25) is 0 Å². The number of hydrogen-bond donors (Lipinski definition) is 4. The van der Waals surface area contributed by atoms with Crippen molar-refractivity contribution in [3.8, 4) is 0 Å². The molecule has 0 spiro atoms. The van der Waals surface area contributed by atoms with Crippen molar-refractivity contribution in [1.82, 2.24) is 10.6 Å². The number of amides is 1. The number of halogens is 2. The molecule has 4 N–H and O–H groups in total. The molecule has 2 aromatic carbocycles. The van der Waals surface area contributed by atoms with E-state index in [2.05, 4.69) is 68.8 Å². The second-order valence-corrected chi connectivity index (χ2v) is 11.7. The van der Waals surface area contributed by atoms with Crippen LogP contribution in [0.4, 0.5) is 14.5 Å². The smallest absolute Gasteiger partial charge is 0.217 e. The Kier molecular flexibility index (Phi) is 8.22. The van der Waals surface area contributed by atoms with E-state index in [0.29, 0.717) is 5.56 Å². The van der Waals surface area contributed by atoms with Gasteiger partial charge in [0, 0.05) is 36.8 Å². The average Bonchev–Trinajstić information content (AvgIpc) is 2.69. The van der Waals surface area contributed by atoms with Gasteiger partial charge in [-0.1, -0.05) is 32.9 Å². The quantitative estimate of drug-likeness (QED) is 0.428. The normalized spacial score (nSPS) is 18.8. The lowest BCUT2D eigenvalue weighted by atomic mass is 9.82. The van der Waals surface area contributed by atoms with Crippen LogP contribution in [0, 0.1) is 17.0 Å². The minimum Gasteiger partial charge on any atom is -0.390 e. The molecule has 35 heavy (non-hydrogen) atoms. The summed E-state index contributed by atoms with van der Waals surface area (Å²) in [5, 5.41) is 20.8. The molecule has 5 nitrogen and oxygen atoms in total. The van der Waals surface area contributed by atoms with Crippen molar-refractivity contribution >= 4 is 11.6 Å². The lowest BCUT2D eigenvalue weighted by molar-refractivity contribution is -0.120. The number of rotatable bonds is 8. The standard InChI is InChI=1S/C28H39F2N3O2/c1-17(34)32-24(12-19-9-20(29)13-21(30)10-19)26(35)16-31-25-15-28(5,6)33-23-8-7-18(11-22(23)25)14-27(2,3)4/h7-11,13,24-26,31,33,35H,12,14-16H2,1-6H3,(H,32,34). The summed E-state index contributed by atoms with van der Waals surface area (Å²) in [7, 11) is 0. The van der Waals surface area contributed by atoms with Crippen molar-refractivity contribution in [3.63, 3.8) is 0 Å². The topological polar surface area (TPSA) is 73.4 Å². The van der Waals surface area contributed by atoms with Gasteiger partial charge in [-0.25, -0.2) is 8.78 Å². The van der Waals surface area contributed by atoms with Crippen molar-refractivity contribution in [2.75, 3.05) is 11.9 Å². The first-order chi connectivity index (χ1) is 16.2. The SMILES string of the molecule is CC(=O)NC(Cc1cc(F)cc(F)c1)C(O)CNC1CC(C)(C)Nc2ccc(CC(C)(C)C)cc21. The van der Waals surface area contributed by atoms with Crippen LogP contribution in [0.5, 0.6) is 0 Å². The minimum absolute atomic E-state index is 0.000380. The molecule has 0 saturated carbocycles. The molecular formula is C28H39F2N3O2. The number of benzene rings is 2. The number of nitrogens with one attached hydrogen (secondary N) is 3. The largest absolute Gasteiger partial charge is 0.390 e. The van der Waals surface area contributed by atoms with Gasteiger partial charge < -0.3 is 21.1 Å². The van der Waals surface area contributed by atoms with Crippen LogP contribution in [0.25, 0.3) is 0 Å². The maximum atomic E-state index is 13.7. The van der Waals surface area contributed by atoms with E-state index in [1.807, 2.05) is 0 Å². The van der Waals surface area contributed by atoms with E-state index in [-0.39, 0.29) is 35.9 Å². The molecule has 3 unspecified atom stereocenters. The Morgan fingerprint density at radius 1 is 1.14 bits per heavy atom. The van der Waals surface area contributed by atoms with Crippen molar-refractivity contribution < 1.29 is 18.7 Å². The van der Waals surface area contributed by atoms with Crippen LogP contribution >= 0.6 is 0 Å². The van der Waals surface area contributed by atoms with Crippen LogP contribution < -0.4 is 16.0 Å². The van der Waals surface area contributed by atoms with Crippen LogP contribution in [0.3, 0.4) is 0 Å². The molecule has 0 aliphatic carbocycles. The molecule has 1 aliphatic rings. The Morgan fingerprint density at radius 3 is 2.40 bits per heavy atom. The van der Waals surface area contributed by atoms with Gasteiger partial charge >= 0.3 is 0 Å². The molecule has 3 atom stereocenters. The van der Waals surface area contributed by atoms with E-state index >= 15 is 0 Å². The first kappa shape index (κ1) is 27.1. The molecule has 1 amide bonds. The third-order valence-corrected chi connectivity index (χ3v) is 6.22. The molecule has 0 fully saturated rings. The molecular weight excluding hydrogens is 448 g/mol. The molecule has 2 aromatic rings. The maximum Gasteiger partial charge on any atom is 0.217 e. The summed E-state index contributed by atoms with van der Waals surface area (Å²) in [6.07, 6.45) is 0.921. The summed E-state index contributed by atoms with van der Waals surface area (Å²) >= 11 is 0. The highest BCUT2D eigenvalue weighted by Gasteiger charge is 2.33. The highest BCUT2D eigenvalue weighted by Crippen LogP contribution is 2.38. The van der Waals surface area contributed by atoms with E-state index in [4.69, 9.17) is 0 Å². The summed E-state index contributed by atoms with van der Waals surface area (Å²) in [6.45, 7) is 12.5. The average molecular weight is 488 g/mol. The first-order valence-electron chi connectivity index (χ1n) is 12.3. The third-order valence-electron chi connectivity index (χ3n) is 6.22. The van der Waals surface area contributed by atoms with E-state index in [1.165, 1.54) is 24.6 Å². The molecule has 1 heterocycles. The van der Waals surface area contributed by atoms with Gasteiger partial charge in [-0.2, -0.15) is 0 Å². The summed E-state index contributed by atoms with van der Waals surface area (Å²) < 4.78 is 27.3. The van der Waals surface area contributed by atoms with Gasteiger partial charge in [0.05, 0.1) is 12.1 Å². The predicted octanol–water partition coefficient (Wildman–Crippen LogP) is 4.89. The lowest BCUT2D eigenvalue weighted by Gasteiger charge is -2.40. The first-order valence-corrected chi connectivity index (χ1v) is 12.3. The summed E-state index contributed by atoms with van der Waals surface area (Å²) in [4.78, 5) is 11.8. The number of aliphatic hydroxyl groups is 1. The lowest BCUT2D eigenvalue weighted by Crippen LogP contribution is -2.50. The van der Waals surface area contributed by atoms with Gasteiger partial charge in [0.2, 0.25) is 5.91 Å². The number of hydrogen-bond acceptors (Lipinski definition) is 4. The predicted molar refractivity (Wildman–Crippen MR) is 136 cm³/mol. The number of carbonyl (C=O) groups excluding carboxylic acids is 1. The fourth-order valence-corrected chi connectivity index (χ4v) is 4.89. The molecule has 0 saturated heterocycles. The Balaban J connectivity index is 1.77. The van der Waals surface area contributed by atoms with E-state index < -0.39 is 23.8 Å². The van der Waals surface area contributed by atoms with Crippen LogP contribution in [-0.2, 0) is 17.6 Å². The second kappa shape index (κ2) is 10.6. The van der Waals surface area contributed by atoms with Gasteiger partial charge in [0.1, 0.15) is 11.6 Å². The molecule has 192 valence electrons. The van der Waals surface area contributed by atoms with Gasteiger partial charge in [-0.3, -0.25) is 4.79 Å². The monoisotopic (exact) mass is 487 g/mol. The number of carbonyl (C=O) groups is 1. The Labute approximate surface area is 207 Å².